The van der Waals surface area contributed by atoms with E-state index >= 15 is 0 Å². The Morgan fingerprint density at radius 1 is 1.32 bits per heavy atom. The van der Waals surface area contributed by atoms with Gasteiger partial charge < -0.3 is 25.5 Å². The van der Waals surface area contributed by atoms with Gasteiger partial charge in [-0.25, -0.2) is 9.97 Å². The molecule has 0 aromatic carbocycles. The SMILES string of the molecule is CCOCCNc1c(Nc2ccccn2)nc(Cl)nc1C(=N)COC. The van der Waals surface area contributed by atoms with Gasteiger partial charge in [0.05, 0.1) is 18.9 Å². The van der Waals surface area contributed by atoms with Crippen LogP contribution in [0.3, 0.4) is 0 Å². The monoisotopic (exact) mass is 364 g/mol. The summed E-state index contributed by atoms with van der Waals surface area (Å²) in [5, 5.41) is 14.5. The average molecular weight is 365 g/mol. The summed E-state index contributed by atoms with van der Waals surface area (Å²) in [4.78, 5) is 12.6. The van der Waals surface area contributed by atoms with Crippen LogP contribution in [0.2, 0.25) is 5.28 Å². The van der Waals surface area contributed by atoms with Crippen molar-refractivity contribution in [2.45, 2.75) is 6.92 Å². The molecule has 25 heavy (non-hydrogen) atoms. The second kappa shape index (κ2) is 9.87. The highest BCUT2D eigenvalue weighted by Gasteiger charge is 2.18. The van der Waals surface area contributed by atoms with Crippen molar-refractivity contribution < 1.29 is 9.47 Å². The number of hydrogen-bond donors (Lipinski definition) is 3. The van der Waals surface area contributed by atoms with E-state index < -0.39 is 0 Å². The third-order valence-electron chi connectivity index (χ3n) is 3.12. The van der Waals surface area contributed by atoms with Gasteiger partial charge in [-0.2, -0.15) is 4.98 Å². The predicted octanol–water partition coefficient (Wildman–Crippen LogP) is 2.73. The molecule has 134 valence electrons. The molecule has 2 aromatic heterocycles. The van der Waals surface area contributed by atoms with Crippen LogP contribution in [0.15, 0.2) is 24.4 Å². The van der Waals surface area contributed by atoms with Gasteiger partial charge in [0.15, 0.2) is 5.82 Å². The topological polar surface area (TPSA) is 105 Å². The molecule has 0 aliphatic carbocycles. The van der Waals surface area contributed by atoms with Gasteiger partial charge in [0.25, 0.3) is 0 Å². The van der Waals surface area contributed by atoms with E-state index in [-0.39, 0.29) is 17.6 Å². The number of aromatic nitrogens is 3. The molecule has 8 nitrogen and oxygen atoms in total. The number of nitrogens with zero attached hydrogens (tertiary/aromatic N) is 3. The lowest BCUT2D eigenvalue weighted by Gasteiger charge is -2.17. The van der Waals surface area contributed by atoms with Crippen LogP contribution < -0.4 is 10.6 Å². The molecule has 0 spiro atoms. The minimum absolute atomic E-state index is 0.0321. The Kier molecular flexibility index (Phi) is 7.52. The van der Waals surface area contributed by atoms with E-state index in [0.29, 0.717) is 42.8 Å². The maximum atomic E-state index is 8.17. The van der Waals surface area contributed by atoms with Crippen LogP contribution in [0.4, 0.5) is 17.3 Å². The zero-order chi connectivity index (χ0) is 18.1. The van der Waals surface area contributed by atoms with Crippen LogP contribution in [0.5, 0.6) is 0 Å². The summed E-state index contributed by atoms with van der Waals surface area (Å²) in [6.45, 7) is 3.71. The van der Waals surface area contributed by atoms with Crippen molar-refractivity contribution in [1.82, 2.24) is 15.0 Å². The molecule has 0 aliphatic heterocycles. The number of pyridine rings is 1. The van der Waals surface area contributed by atoms with E-state index in [9.17, 15) is 0 Å². The molecular formula is C16H21ClN6O2. The van der Waals surface area contributed by atoms with Crippen LogP contribution in [0.25, 0.3) is 0 Å². The number of nitrogens with one attached hydrogen (secondary N) is 3. The largest absolute Gasteiger partial charge is 0.380 e. The lowest BCUT2D eigenvalue weighted by atomic mass is 10.2. The van der Waals surface area contributed by atoms with Crippen LogP contribution in [0.1, 0.15) is 12.6 Å². The van der Waals surface area contributed by atoms with Crippen LogP contribution in [0, 0.1) is 5.41 Å². The number of methoxy groups -OCH3 is 1. The van der Waals surface area contributed by atoms with Crippen molar-refractivity contribution in [1.29, 1.82) is 5.41 Å². The van der Waals surface area contributed by atoms with Crippen molar-refractivity contribution in [2.24, 2.45) is 0 Å². The van der Waals surface area contributed by atoms with Gasteiger partial charge in [-0.1, -0.05) is 6.07 Å². The normalized spacial score (nSPS) is 10.5. The van der Waals surface area contributed by atoms with Gasteiger partial charge in [0.1, 0.15) is 17.2 Å². The summed E-state index contributed by atoms with van der Waals surface area (Å²) >= 11 is 6.04. The molecule has 0 bridgehead atoms. The quantitative estimate of drug-likeness (QED) is 0.338. The molecule has 0 amide bonds. The Morgan fingerprint density at radius 2 is 2.16 bits per heavy atom. The summed E-state index contributed by atoms with van der Waals surface area (Å²) in [5.74, 6) is 1.04. The lowest BCUT2D eigenvalue weighted by molar-refractivity contribution is 0.158. The summed E-state index contributed by atoms with van der Waals surface area (Å²) in [6, 6.07) is 5.48. The van der Waals surface area contributed by atoms with Crippen LogP contribution in [-0.2, 0) is 9.47 Å². The first kappa shape index (κ1) is 19.0. The van der Waals surface area contributed by atoms with Crippen LogP contribution in [-0.4, -0.2) is 54.1 Å². The highest BCUT2D eigenvalue weighted by molar-refractivity contribution is 6.28. The second-order valence-electron chi connectivity index (χ2n) is 4.94. The Balaban J connectivity index is 2.35. The molecule has 0 fully saturated rings. The van der Waals surface area contributed by atoms with E-state index in [1.807, 2.05) is 19.1 Å². The zero-order valence-corrected chi connectivity index (χ0v) is 14.9. The number of anilines is 3. The third kappa shape index (κ3) is 5.63. The highest BCUT2D eigenvalue weighted by Crippen LogP contribution is 2.27. The molecule has 0 saturated carbocycles. The highest BCUT2D eigenvalue weighted by atomic mass is 35.5. The van der Waals surface area contributed by atoms with Crippen molar-refractivity contribution in [3.05, 3.63) is 35.4 Å². The number of rotatable bonds is 10. The van der Waals surface area contributed by atoms with Crippen molar-refractivity contribution in [3.8, 4) is 0 Å². The molecule has 0 saturated heterocycles. The number of halogens is 1. The first-order valence-electron chi connectivity index (χ1n) is 7.79. The molecule has 2 aromatic rings. The molecular weight excluding hydrogens is 344 g/mol. The van der Waals surface area contributed by atoms with Crippen molar-refractivity contribution >= 4 is 34.6 Å². The fourth-order valence-electron chi connectivity index (χ4n) is 2.07. The minimum atomic E-state index is 0.0321. The van der Waals surface area contributed by atoms with E-state index in [2.05, 4.69) is 25.6 Å². The molecule has 0 unspecified atom stereocenters. The van der Waals surface area contributed by atoms with Crippen molar-refractivity contribution in [2.75, 3.05) is 44.1 Å². The maximum absolute atomic E-state index is 8.17. The first-order valence-corrected chi connectivity index (χ1v) is 8.17. The number of ether oxygens (including phenoxy) is 2. The first-order chi connectivity index (χ1) is 12.2. The molecule has 2 rings (SSSR count). The fourth-order valence-corrected chi connectivity index (χ4v) is 2.24. The number of hydrogen-bond acceptors (Lipinski definition) is 8. The van der Waals surface area contributed by atoms with E-state index in [1.165, 1.54) is 7.11 Å². The molecule has 3 N–H and O–H groups in total. The van der Waals surface area contributed by atoms with Gasteiger partial charge in [-0.05, 0) is 30.7 Å². The Bertz CT molecular complexity index is 699. The Labute approximate surface area is 151 Å². The predicted molar refractivity (Wildman–Crippen MR) is 98.2 cm³/mol. The summed E-state index contributed by atoms with van der Waals surface area (Å²) in [6.07, 6.45) is 1.67. The molecule has 0 radical (unpaired) electrons. The lowest BCUT2D eigenvalue weighted by Crippen LogP contribution is -2.18. The summed E-state index contributed by atoms with van der Waals surface area (Å²) < 4.78 is 10.4. The minimum Gasteiger partial charge on any atom is -0.380 e. The van der Waals surface area contributed by atoms with E-state index in [0.717, 1.165) is 0 Å². The van der Waals surface area contributed by atoms with Gasteiger partial charge in [0, 0.05) is 26.5 Å². The summed E-state index contributed by atoms with van der Waals surface area (Å²) in [7, 11) is 1.52. The molecule has 0 aliphatic rings. The molecule has 0 atom stereocenters. The maximum Gasteiger partial charge on any atom is 0.225 e. The zero-order valence-electron chi connectivity index (χ0n) is 14.2. The van der Waals surface area contributed by atoms with Crippen LogP contribution >= 0.6 is 11.6 Å². The van der Waals surface area contributed by atoms with Gasteiger partial charge in [0.2, 0.25) is 5.28 Å². The third-order valence-corrected chi connectivity index (χ3v) is 3.29. The standard InChI is InChI=1S/C16H21ClN6O2/c1-3-25-9-8-20-14-13(11(18)10-24-2)22-16(17)23-15(14)21-12-6-4-5-7-19-12/h4-7,18,20H,3,8-10H2,1-2H3,(H,19,21,22,23). The Hall–Kier alpha value is -2.29. The molecule has 2 heterocycles. The average Bonchev–Trinajstić information content (AvgIpc) is 2.61. The second-order valence-corrected chi connectivity index (χ2v) is 5.28. The molecule has 9 heteroatoms. The van der Waals surface area contributed by atoms with Gasteiger partial charge >= 0.3 is 0 Å². The van der Waals surface area contributed by atoms with E-state index in [4.69, 9.17) is 26.5 Å². The van der Waals surface area contributed by atoms with Gasteiger partial charge in [-0.3, -0.25) is 0 Å². The van der Waals surface area contributed by atoms with Crippen molar-refractivity contribution in [3.63, 3.8) is 0 Å². The Morgan fingerprint density at radius 3 is 2.84 bits per heavy atom. The fraction of sp³-hybridized carbons (Fsp3) is 0.375. The van der Waals surface area contributed by atoms with Gasteiger partial charge in [-0.15, -0.1) is 0 Å². The smallest absolute Gasteiger partial charge is 0.225 e. The van der Waals surface area contributed by atoms with E-state index in [1.54, 1.807) is 12.3 Å². The summed E-state index contributed by atoms with van der Waals surface area (Å²) in [5.41, 5.74) is 1.11.